The molecule has 0 spiro atoms. The van der Waals surface area contributed by atoms with Crippen molar-refractivity contribution in [3.8, 4) is 5.75 Å². The molecule has 0 atom stereocenters. The zero-order chi connectivity index (χ0) is 20.6. The second kappa shape index (κ2) is 10.0. The van der Waals surface area contributed by atoms with Crippen LogP contribution >= 0.6 is 0 Å². The Morgan fingerprint density at radius 3 is 2.17 bits per heavy atom. The zero-order valence-corrected chi connectivity index (χ0v) is 17.1. The van der Waals surface area contributed by atoms with E-state index in [-0.39, 0.29) is 11.8 Å². The number of amides is 2. The lowest BCUT2D eigenvalue weighted by Gasteiger charge is -2.35. The Labute approximate surface area is 170 Å². The van der Waals surface area contributed by atoms with Gasteiger partial charge in [0.05, 0.1) is 7.11 Å². The molecule has 1 aliphatic rings. The van der Waals surface area contributed by atoms with Crippen LogP contribution in [-0.2, 0) is 22.4 Å². The first-order valence-corrected chi connectivity index (χ1v) is 10.0. The van der Waals surface area contributed by atoms with Crippen LogP contribution in [0.1, 0.15) is 36.5 Å². The van der Waals surface area contributed by atoms with Crippen LogP contribution in [0.15, 0.2) is 28.8 Å². The van der Waals surface area contributed by atoms with Crippen LogP contribution in [0.4, 0.5) is 0 Å². The van der Waals surface area contributed by atoms with Gasteiger partial charge >= 0.3 is 0 Å². The molecule has 0 bridgehead atoms. The summed E-state index contributed by atoms with van der Waals surface area (Å²) in [6.07, 6.45) is 2.92. The lowest BCUT2D eigenvalue weighted by Crippen LogP contribution is -2.50. The molecular formula is C21H28N4O4. The van der Waals surface area contributed by atoms with Crippen molar-refractivity contribution in [1.29, 1.82) is 0 Å². The zero-order valence-electron chi connectivity index (χ0n) is 17.1. The van der Waals surface area contributed by atoms with Crippen molar-refractivity contribution < 1.29 is 18.8 Å². The summed E-state index contributed by atoms with van der Waals surface area (Å²) in [5, 5.41) is 3.75. The monoisotopic (exact) mass is 400 g/mol. The van der Waals surface area contributed by atoms with E-state index < -0.39 is 0 Å². The molecule has 0 aliphatic carbocycles. The summed E-state index contributed by atoms with van der Waals surface area (Å²) in [5.41, 5.74) is 1.12. The number of carbonyl (C=O) groups is 2. The van der Waals surface area contributed by atoms with E-state index in [1.54, 1.807) is 14.0 Å². The van der Waals surface area contributed by atoms with E-state index in [4.69, 9.17) is 9.26 Å². The topological polar surface area (TPSA) is 88.8 Å². The normalized spacial score (nSPS) is 14.1. The van der Waals surface area contributed by atoms with Gasteiger partial charge in [0.2, 0.25) is 17.7 Å². The number of piperazine rings is 1. The van der Waals surface area contributed by atoms with Crippen molar-refractivity contribution in [2.75, 3.05) is 33.3 Å². The fraction of sp³-hybridized carbons (Fsp3) is 0.524. The van der Waals surface area contributed by atoms with Crippen LogP contribution < -0.4 is 4.74 Å². The van der Waals surface area contributed by atoms with Crippen molar-refractivity contribution in [2.24, 2.45) is 0 Å². The van der Waals surface area contributed by atoms with Gasteiger partial charge in [-0.15, -0.1) is 0 Å². The van der Waals surface area contributed by atoms with E-state index in [0.717, 1.165) is 11.3 Å². The largest absolute Gasteiger partial charge is 0.497 e. The van der Waals surface area contributed by atoms with Crippen LogP contribution in [0.25, 0.3) is 0 Å². The minimum absolute atomic E-state index is 0.117. The lowest BCUT2D eigenvalue weighted by atomic mass is 10.1. The van der Waals surface area contributed by atoms with Gasteiger partial charge in [-0.25, -0.2) is 0 Å². The highest BCUT2D eigenvalue weighted by Gasteiger charge is 2.23. The van der Waals surface area contributed by atoms with E-state index in [2.05, 4.69) is 10.1 Å². The molecule has 3 rings (SSSR count). The number of hydrogen-bond acceptors (Lipinski definition) is 6. The molecule has 2 amide bonds. The van der Waals surface area contributed by atoms with Gasteiger partial charge in [-0.1, -0.05) is 17.3 Å². The third-order valence-corrected chi connectivity index (χ3v) is 5.12. The highest BCUT2D eigenvalue weighted by atomic mass is 16.5. The SMILES string of the molecule is COc1ccc(CCC(=O)N2CCN(C(=O)CCCc3nc(C)no3)CC2)cc1. The number of hydrogen-bond donors (Lipinski definition) is 0. The fourth-order valence-corrected chi connectivity index (χ4v) is 3.40. The predicted octanol–water partition coefficient (Wildman–Crippen LogP) is 2.01. The first-order chi connectivity index (χ1) is 14.0. The number of aryl methyl sites for hydroxylation is 3. The molecule has 156 valence electrons. The highest BCUT2D eigenvalue weighted by molar-refractivity contribution is 5.78. The van der Waals surface area contributed by atoms with Crippen molar-refractivity contribution in [3.05, 3.63) is 41.5 Å². The van der Waals surface area contributed by atoms with Crippen LogP contribution in [-0.4, -0.2) is 65.0 Å². The number of aromatic nitrogens is 2. The molecule has 0 unspecified atom stereocenters. The quantitative estimate of drug-likeness (QED) is 0.674. The average molecular weight is 400 g/mol. The summed E-state index contributed by atoms with van der Waals surface area (Å²) in [7, 11) is 1.64. The summed E-state index contributed by atoms with van der Waals surface area (Å²) < 4.78 is 10.2. The molecule has 0 saturated carbocycles. The molecule has 1 aromatic carbocycles. The fourth-order valence-electron chi connectivity index (χ4n) is 3.40. The van der Waals surface area contributed by atoms with E-state index in [9.17, 15) is 9.59 Å². The number of nitrogens with zero attached hydrogens (tertiary/aromatic N) is 4. The second-order valence-electron chi connectivity index (χ2n) is 7.20. The molecule has 1 saturated heterocycles. The van der Waals surface area contributed by atoms with E-state index in [0.29, 0.717) is 70.0 Å². The molecule has 8 heteroatoms. The molecule has 0 N–H and O–H groups in total. The van der Waals surface area contributed by atoms with Crippen LogP contribution in [0, 0.1) is 6.92 Å². The molecule has 8 nitrogen and oxygen atoms in total. The molecule has 0 radical (unpaired) electrons. The minimum Gasteiger partial charge on any atom is -0.497 e. The van der Waals surface area contributed by atoms with Crippen LogP contribution in [0.5, 0.6) is 5.75 Å². The number of rotatable bonds is 8. The maximum atomic E-state index is 12.5. The second-order valence-corrected chi connectivity index (χ2v) is 7.20. The number of ether oxygens (including phenoxy) is 1. The van der Waals surface area contributed by atoms with Crippen LogP contribution in [0.3, 0.4) is 0 Å². The Morgan fingerprint density at radius 1 is 1.00 bits per heavy atom. The molecule has 1 aliphatic heterocycles. The number of methoxy groups -OCH3 is 1. The van der Waals surface area contributed by atoms with Gasteiger partial charge in [0.25, 0.3) is 0 Å². The Bertz CT molecular complexity index is 810. The Balaban J connectivity index is 1.35. The molecular weight excluding hydrogens is 372 g/mol. The highest BCUT2D eigenvalue weighted by Crippen LogP contribution is 2.14. The molecule has 2 aromatic rings. The smallest absolute Gasteiger partial charge is 0.226 e. The summed E-state index contributed by atoms with van der Waals surface area (Å²) in [6.45, 7) is 4.14. The minimum atomic E-state index is 0.117. The third-order valence-electron chi connectivity index (χ3n) is 5.12. The summed E-state index contributed by atoms with van der Waals surface area (Å²) in [6, 6.07) is 7.78. The predicted molar refractivity (Wildman–Crippen MR) is 106 cm³/mol. The van der Waals surface area contributed by atoms with Crippen molar-refractivity contribution >= 4 is 11.8 Å². The molecule has 2 heterocycles. The maximum absolute atomic E-state index is 12.5. The van der Waals surface area contributed by atoms with E-state index in [1.807, 2.05) is 34.1 Å². The first kappa shape index (κ1) is 20.8. The van der Waals surface area contributed by atoms with E-state index in [1.165, 1.54) is 0 Å². The van der Waals surface area contributed by atoms with Crippen molar-refractivity contribution in [2.45, 2.75) is 39.0 Å². The first-order valence-electron chi connectivity index (χ1n) is 10.0. The maximum Gasteiger partial charge on any atom is 0.226 e. The standard InChI is InChI=1S/C21H28N4O4/c1-16-22-19(29-23-16)4-3-5-20(26)24-12-14-25(15-13-24)21(27)11-8-17-6-9-18(28-2)10-7-17/h6-7,9-10H,3-5,8,11-15H2,1-2H3. The van der Waals surface area contributed by atoms with Gasteiger partial charge in [0, 0.05) is 45.4 Å². The van der Waals surface area contributed by atoms with Crippen molar-refractivity contribution in [1.82, 2.24) is 19.9 Å². The molecule has 1 fully saturated rings. The summed E-state index contributed by atoms with van der Waals surface area (Å²) >= 11 is 0. The number of carbonyl (C=O) groups excluding carboxylic acids is 2. The Kier molecular flexibility index (Phi) is 7.21. The van der Waals surface area contributed by atoms with E-state index >= 15 is 0 Å². The summed E-state index contributed by atoms with van der Waals surface area (Å²) in [5.74, 6) is 2.25. The Hall–Kier alpha value is -2.90. The number of benzene rings is 1. The Morgan fingerprint density at radius 2 is 1.62 bits per heavy atom. The van der Waals surface area contributed by atoms with Crippen LogP contribution in [0.2, 0.25) is 0 Å². The van der Waals surface area contributed by atoms with Gasteiger partial charge in [-0.05, 0) is 37.5 Å². The lowest BCUT2D eigenvalue weighted by molar-refractivity contribution is -0.139. The van der Waals surface area contributed by atoms with Crippen molar-refractivity contribution in [3.63, 3.8) is 0 Å². The van der Waals surface area contributed by atoms with Gasteiger partial charge < -0.3 is 19.1 Å². The van der Waals surface area contributed by atoms with Gasteiger partial charge in [-0.2, -0.15) is 4.98 Å². The average Bonchev–Trinajstić information content (AvgIpc) is 3.17. The molecule has 1 aromatic heterocycles. The third kappa shape index (κ3) is 6.04. The summed E-state index contributed by atoms with van der Waals surface area (Å²) in [4.78, 5) is 32.7. The van der Waals surface area contributed by atoms with Gasteiger partial charge in [0.1, 0.15) is 5.75 Å². The van der Waals surface area contributed by atoms with Gasteiger partial charge in [0.15, 0.2) is 5.82 Å². The van der Waals surface area contributed by atoms with Gasteiger partial charge in [-0.3, -0.25) is 9.59 Å². The molecule has 29 heavy (non-hydrogen) atoms.